The van der Waals surface area contributed by atoms with E-state index in [1.807, 2.05) is 55.5 Å². The number of aromatic amines is 2. The van der Waals surface area contributed by atoms with E-state index in [0.29, 0.717) is 27.9 Å². The molecule has 0 spiro atoms. The Morgan fingerprint density at radius 3 is 2.90 bits per heavy atom. The molecule has 154 valence electrons. The number of nitrogens with zero attached hydrogens (tertiary/aromatic N) is 3. The fourth-order valence-electron chi connectivity index (χ4n) is 3.43. The molecular weight excluding hydrogens is 412 g/mol. The molecule has 5 aromatic rings. The Bertz CT molecular complexity index is 1440. The van der Waals surface area contributed by atoms with Crippen LogP contribution in [0.25, 0.3) is 34.0 Å². The Morgan fingerprint density at radius 2 is 2.10 bits per heavy atom. The van der Waals surface area contributed by atoms with E-state index >= 15 is 0 Å². The molecule has 8 nitrogen and oxygen atoms in total. The van der Waals surface area contributed by atoms with Crippen LogP contribution < -0.4 is 5.32 Å². The van der Waals surface area contributed by atoms with E-state index in [4.69, 9.17) is 16.6 Å². The lowest BCUT2D eigenvalue weighted by molar-refractivity contribution is -0.116. The van der Waals surface area contributed by atoms with Gasteiger partial charge in [-0.25, -0.2) is 4.98 Å². The van der Waals surface area contributed by atoms with Gasteiger partial charge in [0.2, 0.25) is 5.91 Å². The molecule has 1 amide bonds. The van der Waals surface area contributed by atoms with Gasteiger partial charge in [-0.05, 0) is 55.5 Å². The van der Waals surface area contributed by atoms with Gasteiger partial charge in [-0.3, -0.25) is 14.5 Å². The second-order valence-electron chi connectivity index (χ2n) is 7.15. The molecule has 2 aromatic carbocycles. The number of rotatable bonds is 5. The van der Waals surface area contributed by atoms with Gasteiger partial charge in [-0.15, -0.1) is 0 Å². The third-order valence-corrected chi connectivity index (χ3v) is 5.17. The first-order valence-corrected chi connectivity index (χ1v) is 10.0. The third kappa shape index (κ3) is 3.78. The van der Waals surface area contributed by atoms with E-state index in [1.54, 1.807) is 16.9 Å². The molecule has 0 radical (unpaired) electrons. The number of aryl methyl sites for hydroxylation is 1. The summed E-state index contributed by atoms with van der Waals surface area (Å²) < 4.78 is 7.46. The number of carbonyl (C=O) groups is 1. The van der Waals surface area contributed by atoms with Crippen LogP contribution in [0.1, 0.15) is 5.56 Å². The second-order valence-corrected chi connectivity index (χ2v) is 7.54. The Labute approximate surface area is 181 Å². The highest BCUT2D eigenvalue weighted by molar-refractivity contribution is 7.71. The predicted molar refractivity (Wildman–Crippen MR) is 120 cm³/mol. The molecule has 0 aliphatic carbocycles. The summed E-state index contributed by atoms with van der Waals surface area (Å²) in [6, 6.07) is 17.0. The number of carbonyl (C=O) groups excluding carboxylic acids is 1. The van der Waals surface area contributed by atoms with Crippen molar-refractivity contribution in [2.75, 3.05) is 5.32 Å². The summed E-state index contributed by atoms with van der Waals surface area (Å²) in [5.74, 6) is 1.70. The van der Waals surface area contributed by atoms with Gasteiger partial charge in [-0.1, -0.05) is 23.8 Å². The molecule has 0 bridgehead atoms. The van der Waals surface area contributed by atoms with Crippen molar-refractivity contribution in [3.8, 4) is 23.0 Å². The molecule has 3 N–H and O–H groups in total. The summed E-state index contributed by atoms with van der Waals surface area (Å²) in [5.41, 5.74) is 4.22. The van der Waals surface area contributed by atoms with Crippen molar-refractivity contribution in [3.63, 3.8) is 0 Å². The first-order chi connectivity index (χ1) is 15.1. The molecular formula is C22H18N6O2S. The number of benzene rings is 2. The fraction of sp³-hybridized carbons (Fsp3) is 0.0909. The van der Waals surface area contributed by atoms with Gasteiger partial charge in [0.05, 0.1) is 17.3 Å². The number of fused-ring (bicyclic) bond motifs is 1. The highest BCUT2D eigenvalue weighted by Gasteiger charge is 2.14. The Hall–Kier alpha value is -3.98. The number of amides is 1. The molecule has 0 aliphatic rings. The number of nitrogens with one attached hydrogen (secondary N) is 3. The van der Waals surface area contributed by atoms with Crippen molar-refractivity contribution in [2.45, 2.75) is 13.5 Å². The molecule has 0 saturated heterocycles. The van der Waals surface area contributed by atoms with Crippen molar-refractivity contribution in [1.29, 1.82) is 0 Å². The summed E-state index contributed by atoms with van der Waals surface area (Å²) in [6.45, 7) is 2.04. The first kappa shape index (κ1) is 19.0. The van der Waals surface area contributed by atoms with Crippen LogP contribution in [0.5, 0.6) is 0 Å². The summed E-state index contributed by atoms with van der Waals surface area (Å²) >= 11 is 5.34. The van der Waals surface area contributed by atoms with E-state index in [0.717, 1.165) is 22.2 Å². The van der Waals surface area contributed by atoms with E-state index in [-0.39, 0.29) is 12.5 Å². The standard InChI is InChI=1S/C22H18N6O2S/c1-13-4-2-5-14(10-13)21-26-27-22(31)28(21)12-19(29)23-15-7-8-16-17(11-15)25-20(24-16)18-6-3-9-30-18/h2-11H,12H2,1H3,(H,23,29)(H,24,25)(H,27,31). The van der Waals surface area contributed by atoms with Gasteiger partial charge < -0.3 is 14.7 Å². The number of imidazole rings is 1. The lowest BCUT2D eigenvalue weighted by Gasteiger charge is -2.09. The van der Waals surface area contributed by atoms with Crippen LogP contribution in [-0.2, 0) is 11.3 Å². The highest BCUT2D eigenvalue weighted by Crippen LogP contribution is 2.23. The van der Waals surface area contributed by atoms with Gasteiger partial charge in [0, 0.05) is 11.3 Å². The monoisotopic (exact) mass is 430 g/mol. The minimum absolute atomic E-state index is 0.0390. The maximum Gasteiger partial charge on any atom is 0.244 e. The largest absolute Gasteiger partial charge is 0.461 e. The maximum absolute atomic E-state index is 12.7. The number of H-pyrrole nitrogens is 2. The zero-order valence-corrected chi connectivity index (χ0v) is 17.4. The van der Waals surface area contributed by atoms with E-state index in [2.05, 4.69) is 25.5 Å². The summed E-state index contributed by atoms with van der Waals surface area (Å²) in [7, 11) is 0. The topological polar surface area (TPSA) is 105 Å². The van der Waals surface area contributed by atoms with Gasteiger partial charge in [-0.2, -0.15) is 5.10 Å². The molecule has 0 atom stereocenters. The van der Waals surface area contributed by atoms with E-state index in [9.17, 15) is 4.79 Å². The number of furan rings is 1. The van der Waals surface area contributed by atoms with Crippen LogP contribution in [0, 0.1) is 11.7 Å². The molecule has 0 aliphatic heterocycles. The normalized spacial score (nSPS) is 11.1. The number of hydrogen-bond donors (Lipinski definition) is 3. The highest BCUT2D eigenvalue weighted by atomic mass is 32.1. The van der Waals surface area contributed by atoms with Gasteiger partial charge >= 0.3 is 0 Å². The van der Waals surface area contributed by atoms with E-state index in [1.165, 1.54) is 0 Å². The van der Waals surface area contributed by atoms with Crippen molar-refractivity contribution in [1.82, 2.24) is 24.7 Å². The molecule has 31 heavy (non-hydrogen) atoms. The third-order valence-electron chi connectivity index (χ3n) is 4.86. The number of aromatic nitrogens is 5. The van der Waals surface area contributed by atoms with Crippen LogP contribution >= 0.6 is 12.2 Å². The zero-order valence-electron chi connectivity index (χ0n) is 16.5. The van der Waals surface area contributed by atoms with Crippen molar-refractivity contribution in [3.05, 3.63) is 71.2 Å². The molecule has 0 unspecified atom stereocenters. The van der Waals surface area contributed by atoms with Crippen molar-refractivity contribution in [2.24, 2.45) is 0 Å². The molecule has 3 aromatic heterocycles. The zero-order chi connectivity index (χ0) is 21.4. The van der Waals surface area contributed by atoms with E-state index < -0.39 is 0 Å². The van der Waals surface area contributed by atoms with Gasteiger partial charge in [0.25, 0.3) is 0 Å². The van der Waals surface area contributed by atoms with Crippen molar-refractivity contribution < 1.29 is 9.21 Å². The van der Waals surface area contributed by atoms with Crippen LogP contribution in [0.15, 0.2) is 65.3 Å². The Morgan fingerprint density at radius 1 is 1.19 bits per heavy atom. The summed E-state index contributed by atoms with van der Waals surface area (Å²) in [4.78, 5) is 20.5. The van der Waals surface area contributed by atoms with Gasteiger partial charge in [0.1, 0.15) is 6.54 Å². The van der Waals surface area contributed by atoms with Crippen molar-refractivity contribution >= 4 is 34.8 Å². The smallest absolute Gasteiger partial charge is 0.244 e. The quantitative estimate of drug-likeness (QED) is 0.351. The minimum atomic E-state index is -0.212. The summed E-state index contributed by atoms with van der Waals surface area (Å²) in [6.07, 6.45) is 1.60. The van der Waals surface area contributed by atoms with Crippen LogP contribution in [0.2, 0.25) is 0 Å². The lowest BCUT2D eigenvalue weighted by Crippen LogP contribution is -2.19. The molecule has 0 fully saturated rings. The molecule has 0 saturated carbocycles. The Balaban J connectivity index is 1.37. The number of anilines is 1. The SMILES string of the molecule is Cc1cccc(-c2n[nH]c(=S)n2CC(=O)Nc2ccc3nc(-c4ccco4)[nH]c3c2)c1. The van der Waals surface area contributed by atoms with Crippen LogP contribution in [0.4, 0.5) is 5.69 Å². The average Bonchev–Trinajstić information content (AvgIpc) is 3.48. The maximum atomic E-state index is 12.7. The fourth-order valence-corrected chi connectivity index (χ4v) is 3.63. The minimum Gasteiger partial charge on any atom is -0.461 e. The number of hydrogen-bond acceptors (Lipinski definition) is 5. The lowest BCUT2D eigenvalue weighted by atomic mass is 10.1. The molecule has 5 rings (SSSR count). The Kier molecular flexibility index (Phi) is 4.72. The summed E-state index contributed by atoms with van der Waals surface area (Å²) in [5, 5.41) is 9.99. The molecule has 3 heterocycles. The first-order valence-electron chi connectivity index (χ1n) is 9.62. The average molecular weight is 430 g/mol. The van der Waals surface area contributed by atoms with Gasteiger partial charge in [0.15, 0.2) is 22.2 Å². The molecule has 9 heteroatoms. The predicted octanol–water partition coefficient (Wildman–Crippen LogP) is 4.69. The second kappa shape index (κ2) is 7.69. The van der Waals surface area contributed by atoms with Crippen LogP contribution in [-0.4, -0.2) is 30.6 Å². The van der Waals surface area contributed by atoms with Crippen LogP contribution in [0.3, 0.4) is 0 Å².